The van der Waals surface area contributed by atoms with E-state index in [1.807, 2.05) is 0 Å². The van der Waals surface area contributed by atoms with Gasteiger partial charge in [-0.2, -0.15) is 5.10 Å². The van der Waals surface area contributed by atoms with Crippen LogP contribution in [-0.2, 0) is 11.3 Å². The van der Waals surface area contributed by atoms with Gasteiger partial charge >= 0.3 is 0 Å². The number of rotatable bonds is 3. The quantitative estimate of drug-likeness (QED) is 0.846. The van der Waals surface area contributed by atoms with E-state index >= 15 is 0 Å². The molecule has 0 unspecified atom stereocenters. The number of hydrogen-bond donors (Lipinski definition) is 2. The Labute approximate surface area is 130 Å². The molecule has 0 radical (unpaired) electrons. The van der Waals surface area contributed by atoms with Gasteiger partial charge in [0.25, 0.3) is 0 Å². The van der Waals surface area contributed by atoms with E-state index in [1.54, 1.807) is 6.92 Å². The highest BCUT2D eigenvalue weighted by atomic mass is 35.5. The Morgan fingerprint density at radius 3 is 2.40 bits per heavy atom. The first-order valence-corrected chi connectivity index (χ1v) is 6.74. The van der Waals surface area contributed by atoms with E-state index < -0.39 is 0 Å². The molecule has 0 atom stereocenters. The van der Waals surface area contributed by atoms with Crippen LogP contribution in [0.4, 0.5) is 11.4 Å². The van der Waals surface area contributed by atoms with Crippen molar-refractivity contribution in [1.82, 2.24) is 9.78 Å². The number of benzene rings is 1. The lowest BCUT2D eigenvalue weighted by atomic mass is 10.3. The molecule has 106 valence electrons. The first kappa shape index (κ1) is 15.0. The number of amides is 1. The highest BCUT2D eigenvalue weighted by Crippen LogP contribution is 2.32. The Hall–Kier alpha value is -1.43. The second-order valence-corrected chi connectivity index (χ2v) is 5.36. The fourth-order valence-corrected chi connectivity index (χ4v) is 2.35. The molecule has 1 aromatic carbocycles. The van der Waals surface area contributed by atoms with Crippen LogP contribution in [0.3, 0.4) is 0 Å². The molecule has 0 fully saturated rings. The molecule has 0 aliphatic heterocycles. The van der Waals surface area contributed by atoms with Gasteiger partial charge in [0.2, 0.25) is 5.91 Å². The third-order valence-corrected chi connectivity index (χ3v) is 3.63. The highest BCUT2D eigenvalue weighted by Gasteiger charge is 2.13. The smallest absolute Gasteiger partial charge is 0.246 e. The zero-order chi connectivity index (χ0) is 14.9. The minimum atomic E-state index is -0.318. The van der Waals surface area contributed by atoms with Gasteiger partial charge in [-0.25, -0.2) is 0 Å². The monoisotopic (exact) mass is 332 g/mol. The molecule has 3 N–H and O–H groups in total. The summed E-state index contributed by atoms with van der Waals surface area (Å²) >= 11 is 17.9. The molecule has 20 heavy (non-hydrogen) atoms. The van der Waals surface area contributed by atoms with Crippen molar-refractivity contribution in [2.45, 2.75) is 13.5 Å². The van der Waals surface area contributed by atoms with Crippen LogP contribution in [0.2, 0.25) is 15.1 Å². The van der Waals surface area contributed by atoms with E-state index in [0.29, 0.717) is 22.1 Å². The number of nitrogens with zero attached hydrogens (tertiary/aromatic N) is 2. The van der Waals surface area contributed by atoms with Crippen LogP contribution in [0.5, 0.6) is 0 Å². The summed E-state index contributed by atoms with van der Waals surface area (Å²) in [5.74, 6) is -0.318. The lowest BCUT2D eigenvalue weighted by Crippen LogP contribution is -2.20. The Kier molecular flexibility index (Phi) is 4.42. The number of aromatic nitrogens is 2. The summed E-state index contributed by atoms with van der Waals surface area (Å²) in [4.78, 5) is 12.0. The summed E-state index contributed by atoms with van der Waals surface area (Å²) in [6.07, 6.45) is 1.48. The predicted molar refractivity (Wildman–Crippen MR) is 81.5 cm³/mol. The Morgan fingerprint density at radius 1 is 1.30 bits per heavy atom. The molecule has 0 saturated carbocycles. The van der Waals surface area contributed by atoms with Crippen molar-refractivity contribution in [3.8, 4) is 0 Å². The number of nitrogens with one attached hydrogen (secondary N) is 1. The summed E-state index contributed by atoms with van der Waals surface area (Å²) in [7, 11) is 0. The lowest BCUT2D eigenvalue weighted by molar-refractivity contribution is -0.116. The standard InChI is InChI=1S/C12H11Cl3N4O/c1-6-10(15)4-17-19(6)5-11(20)18-12-8(13)2-7(16)3-9(12)14/h2-4H,5,16H2,1H3,(H,18,20). The molecule has 1 amide bonds. The molecule has 0 saturated heterocycles. The van der Waals surface area contributed by atoms with Crippen LogP contribution < -0.4 is 11.1 Å². The number of carbonyl (C=O) groups is 1. The minimum absolute atomic E-state index is 0.00951. The summed E-state index contributed by atoms with van der Waals surface area (Å²) in [6.45, 7) is 1.78. The van der Waals surface area contributed by atoms with E-state index in [2.05, 4.69) is 10.4 Å². The first-order chi connectivity index (χ1) is 9.38. The predicted octanol–water partition coefficient (Wildman–Crippen LogP) is 3.37. The second kappa shape index (κ2) is 5.91. The van der Waals surface area contributed by atoms with Crippen molar-refractivity contribution in [2.75, 3.05) is 11.1 Å². The van der Waals surface area contributed by atoms with Crippen LogP contribution in [-0.4, -0.2) is 15.7 Å². The number of anilines is 2. The fraction of sp³-hybridized carbons (Fsp3) is 0.167. The van der Waals surface area contributed by atoms with Gasteiger partial charge in [-0.15, -0.1) is 0 Å². The van der Waals surface area contributed by atoms with E-state index in [-0.39, 0.29) is 22.5 Å². The fourth-order valence-electron chi connectivity index (χ4n) is 1.61. The Morgan fingerprint density at radius 2 is 1.90 bits per heavy atom. The Bertz CT molecular complexity index is 646. The molecule has 2 rings (SSSR count). The van der Waals surface area contributed by atoms with Crippen molar-refractivity contribution < 1.29 is 4.79 Å². The molecule has 1 heterocycles. The van der Waals surface area contributed by atoms with Gasteiger partial charge in [0.1, 0.15) is 6.54 Å². The van der Waals surface area contributed by atoms with Crippen molar-refractivity contribution in [3.63, 3.8) is 0 Å². The maximum absolute atomic E-state index is 12.0. The number of nitrogens with two attached hydrogens (primary N) is 1. The normalized spacial score (nSPS) is 10.6. The minimum Gasteiger partial charge on any atom is -0.399 e. The van der Waals surface area contributed by atoms with Gasteiger partial charge in [0.05, 0.1) is 32.6 Å². The van der Waals surface area contributed by atoms with Gasteiger partial charge < -0.3 is 11.1 Å². The van der Waals surface area contributed by atoms with Gasteiger partial charge in [-0.05, 0) is 19.1 Å². The zero-order valence-corrected chi connectivity index (χ0v) is 12.7. The van der Waals surface area contributed by atoms with Crippen LogP contribution in [0.25, 0.3) is 0 Å². The summed E-state index contributed by atoms with van der Waals surface area (Å²) in [6, 6.07) is 3.03. The molecule has 0 aliphatic rings. The molecular formula is C12H11Cl3N4O. The summed E-state index contributed by atoms with van der Waals surface area (Å²) in [5, 5.41) is 7.68. The number of halogens is 3. The SMILES string of the molecule is Cc1c(Cl)cnn1CC(=O)Nc1c(Cl)cc(N)cc1Cl. The van der Waals surface area contributed by atoms with Crippen LogP contribution in [0.15, 0.2) is 18.3 Å². The topological polar surface area (TPSA) is 72.9 Å². The first-order valence-electron chi connectivity index (χ1n) is 5.60. The molecule has 0 bridgehead atoms. The second-order valence-electron chi connectivity index (χ2n) is 4.14. The average molecular weight is 334 g/mol. The third kappa shape index (κ3) is 3.17. The van der Waals surface area contributed by atoms with Crippen LogP contribution >= 0.6 is 34.8 Å². The molecule has 2 aromatic rings. The van der Waals surface area contributed by atoms with Gasteiger partial charge in [-0.3, -0.25) is 9.48 Å². The van der Waals surface area contributed by atoms with E-state index in [1.165, 1.54) is 23.0 Å². The average Bonchev–Trinajstić information content (AvgIpc) is 2.66. The number of nitrogen functional groups attached to an aromatic ring is 1. The molecule has 5 nitrogen and oxygen atoms in total. The highest BCUT2D eigenvalue weighted by molar-refractivity contribution is 6.40. The van der Waals surface area contributed by atoms with Crippen molar-refractivity contribution in [2.24, 2.45) is 0 Å². The van der Waals surface area contributed by atoms with E-state index in [4.69, 9.17) is 40.5 Å². The maximum Gasteiger partial charge on any atom is 0.246 e. The summed E-state index contributed by atoms with van der Waals surface area (Å²) < 4.78 is 1.48. The summed E-state index contributed by atoms with van der Waals surface area (Å²) in [5.41, 5.74) is 7.05. The molecule has 0 aliphatic carbocycles. The number of carbonyl (C=O) groups excluding carboxylic acids is 1. The van der Waals surface area contributed by atoms with Crippen LogP contribution in [0.1, 0.15) is 5.69 Å². The number of hydrogen-bond acceptors (Lipinski definition) is 3. The van der Waals surface area contributed by atoms with Crippen molar-refractivity contribution >= 4 is 52.1 Å². The molecule has 1 aromatic heterocycles. The van der Waals surface area contributed by atoms with Gasteiger partial charge in [0.15, 0.2) is 0 Å². The van der Waals surface area contributed by atoms with Gasteiger partial charge in [-0.1, -0.05) is 34.8 Å². The molecular weight excluding hydrogens is 323 g/mol. The van der Waals surface area contributed by atoms with Crippen molar-refractivity contribution in [1.29, 1.82) is 0 Å². The largest absolute Gasteiger partial charge is 0.399 e. The lowest BCUT2D eigenvalue weighted by Gasteiger charge is -2.11. The molecule has 0 spiro atoms. The van der Waals surface area contributed by atoms with Crippen molar-refractivity contribution in [3.05, 3.63) is 39.1 Å². The Balaban J connectivity index is 2.15. The molecule has 8 heteroatoms. The third-order valence-electron chi connectivity index (χ3n) is 2.67. The van der Waals surface area contributed by atoms with Gasteiger partial charge in [0, 0.05) is 5.69 Å². The van der Waals surface area contributed by atoms with E-state index in [0.717, 1.165) is 0 Å². The maximum atomic E-state index is 12.0. The van der Waals surface area contributed by atoms with E-state index in [9.17, 15) is 4.79 Å². The van der Waals surface area contributed by atoms with Crippen LogP contribution in [0, 0.1) is 6.92 Å². The zero-order valence-electron chi connectivity index (χ0n) is 10.5.